The lowest BCUT2D eigenvalue weighted by molar-refractivity contribution is -0.137. The third-order valence-electron chi connectivity index (χ3n) is 3.08. The number of carbonyl (C=O) groups is 2. The molecule has 6 nitrogen and oxygen atoms in total. The Kier molecular flexibility index (Phi) is 5.09. The lowest BCUT2D eigenvalue weighted by Crippen LogP contribution is -2.34. The van der Waals surface area contributed by atoms with E-state index >= 15 is 0 Å². The molecule has 1 aromatic heterocycles. The number of aryl methyl sites for hydroxylation is 1. The minimum atomic E-state index is -1.03. The van der Waals surface area contributed by atoms with E-state index < -0.39 is 5.97 Å². The van der Waals surface area contributed by atoms with Gasteiger partial charge in [0.15, 0.2) is 0 Å². The molecule has 0 saturated carbocycles. The smallest absolute Gasteiger partial charge is 0.323 e. The molecular weight excluding hydrogens is 246 g/mol. The Hall–Kier alpha value is -1.85. The predicted octanol–water partition coefficient (Wildman–Crippen LogP) is 1.71. The van der Waals surface area contributed by atoms with Gasteiger partial charge in [0.1, 0.15) is 12.2 Å². The van der Waals surface area contributed by atoms with E-state index in [0.29, 0.717) is 5.69 Å². The molecule has 1 heterocycles. The molecule has 1 rings (SSSR count). The number of hydrogen-bond donors (Lipinski definition) is 1. The van der Waals surface area contributed by atoms with Crippen LogP contribution < -0.4 is 0 Å². The fourth-order valence-corrected chi connectivity index (χ4v) is 2.06. The summed E-state index contributed by atoms with van der Waals surface area (Å²) in [6, 6.07) is 1.87. The van der Waals surface area contributed by atoms with Gasteiger partial charge in [0.05, 0.1) is 11.7 Å². The summed E-state index contributed by atoms with van der Waals surface area (Å²) in [4.78, 5) is 24.1. The summed E-state index contributed by atoms with van der Waals surface area (Å²) < 4.78 is 1.72. The van der Waals surface area contributed by atoms with Gasteiger partial charge in [-0.3, -0.25) is 14.3 Å². The zero-order chi connectivity index (χ0) is 14.6. The zero-order valence-electron chi connectivity index (χ0n) is 11.9. The first-order valence-corrected chi connectivity index (χ1v) is 6.44. The van der Waals surface area contributed by atoms with E-state index in [1.54, 1.807) is 10.7 Å². The maximum absolute atomic E-state index is 12.3. The predicted molar refractivity (Wildman–Crippen MR) is 71.2 cm³/mol. The van der Waals surface area contributed by atoms with Crippen molar-refractivity contribution in [3.63, 3.8) is 0 Å². The van der Waals surface area contributed by atoms with Crippen molar-refractivity contribution in [3.8, 4) is 0 Å². The summed E-state index contributed by atoms with van der Waals surface area (Å²) in [5.41, 5.74) is 1.22. The van der Waals surface area contributed by atoms with E-state index in [-0.39, 0.29) is 18.5 Å². The second kappa shape index (κ2) is 6.36. The third-order valence-corrected chi connectivity index (χ3v) is 3.08. The number of aliphatic carboxylic acids is 1. The molecule has 0 unspecified atom stereocenters. The first kappa shape index (κ1) is 15.2. The molecule has 0 saturated heterocycles. The first-order valence-electron chi connectivity index (χ1n) is 6.44. The molecule has 0 aliphatic heterocycles. The van der Waals surface area contributed by atoms with Crippen LogP contribution in [0.3, 0.4) is 0 Å². The molecule has 0 atom stereocenters. The second-order valence-electron chi connectivity index (χ2n) is 4.64. The summed E-state index contributed by atoms with van der Waals surface area (Å²) in [5.74, 6) is -1.34. The number of carbonyl (C=O) groups excluding carboxylic acids is 1. The quantitative estimate of drug-likeness (QED) is 0.851. The molecule has 106 valence electrons. The Morgan fingerprint density at radius 3 is 2.47 bits per heavy atom. The monoisotopic (exact) mass is 267 g/mol. The Morgan fingerprint density at radius 1 is 1.42 bits per heavy atom. The normalized spacial score (nSPS) is 10.8. The van der Waals surface area contributed by atoms with E-state index in [0.717, 1.165) is 18.5 Å². The van der Waals surface area contributed by atoms with E-state index in [9.17, 15) is 9.59 Å². The van der Waals surface area contributed by atoms with Gasteiger partial charge in [-0.2, -0.15) is 5.10 Å². The zero-order valence-corrected chi connectivity index (χ0v) is 11.9. The average Bonchev–Trinajstić information content (AvgIpc) is 2.71. The van der Waals surface area contributed by atoms with E-state index in [4.69, 9.17) is 5.11 Å². The van der Waals surface area contributed by atoms with Gasteiger partial charge < -0.3 is 10.0 Å². The number of carboxylic acids is 1. The summed E-state index contributed by atoms with van der Waals surface area (Å²) in [6.07, 6.45) is 1.75. The highest BCUT2D eigenvalue weighted by atomic mass is 16.4. The maximum atomic E-state index is 12.3. The first-order chi connectivity index (χ1) is 8.90. The molecule has 0 aliphatic carbocycles. The summed E-state index contributed by atoms with van der Waals surface area (Å²) in [5, 5.41) is 13.1. The highest BCUT2D eigenvalue weighted by Crippen LogP contribution is 2.19. The van der Waals surface area contributed by atoms with Gasteiger partial charge in [0.25, 0.3) is 5.91 Å². The second-order valence-corrected chi connectivity index (χ2v) is 4.64. The van der Waals surface area contributed by atoms with Gasteiger partial charge in [-0.05, 0) is 25.8 Å². The van der Waals surface area contributed by atoms with Crippen LogP contribution in [-0.2, 0) is 4.79 Å². The van der Waals surface area contributed by atoms with Gasteiger partial charge in [-0.25, -0.2) is 0 Å². The number of amides is 1. The van der Waals surface area contributed by atoms with Crippen LogP contribution in [0.4, 0.5) is 0 Å². The minimum absolute atomic E-state index is 0.158. The molecule has 6 heteroatoms. The van der Waals surface area contributed by atoms with Crippen molar-refractivity contribution in [2.75, 3.05) is 13.6 Å². The Morgan fingerprint density at radius 2 is 2.00 bits per heavy atom. The molecule has 1 N–H and O–H groups in total. The van der Waals surface area contributed by atoms with Gasteiger partial charge in [-0.15, -0.1) is 0 Å². The van der Waals surface area contributed by atoms with Crippen LogP contribution in [0.2, 0.25) is 0 Å². The lowest BCUT2D eigenvalue weighted by Gasteiger charge is -2.19. The third kappa shape index (κ3) is 3.56. The number of hydrogen-bond acceptors (Lipinski definition) is 3. The number of aromatic nitrogens is 2. The van der Waals surface area contributed by atoms with E-state index in [2.05, 4.69) is 5.10 Å². The summed E-state index contributed by atoms with van der Waals surface area (Å²) in [6.45, 7) is 5.60. The molecule has 0 fully saturated rings. The van der Waals surface area contributed by atoms with Crippen LogP contribution in [0, 0.1) is 6.92 Å². The molecule has 1 amide bonds. The molecule has 0 bridgehead atoms. The number of likely N-dealkylation sites (N-methyl/N-ethyl adjacent to an activating group) is 1. The number of carboxylic acid groups (broad SMARTS) is 1. The van der Waals surface area contributed by atoms with Gasteiger partial charge in [0, 0.05) is 7.05 Å². The SMILES string of the molecule is CCC(CC)n1nc(C)cc1C(=O)N(C)CC(=O)O. The lowest BCUT2D eigenvalue weighted by atomic mass is 10.1. The van der Waals surface area contributed by atoms with Crippen molar-refractivity contribution >= 4 is 11.9 Å². The molecule has 0 aliphatic rings. The highest BCUT2D eigenvalue weighted by Gasteiger charge is 2.22. The van der Waals surface area contributed by atoms with Gasteiger partial charge >= 0.3 is 5.97 Å². The average molecular weight is 267 g/mol. The highest BCUT2D eigenvalue weighted by molar-refractivity contribution is 5.94. The van der Waals surface area contributed by atoms with Crippen molar-refractivity contribution in [3.05, 3.63) is 17.5 Å². The van der Waals surface area contributed by atoms with Crippen LogP contribution >= 0.6 is 0 Å². The summed E-state index contributed by atoms with van der Waals surface area (Å²) >= 11 is 0. The Labute approximate surface area is 113 Å². The van der Waals surface area contributed by atoms with Crippen LogP contribution in [0.15, 0.2) is 6.07 Å². The van der Waals surface area contributed by atoms with Crippen molar-refractivity contribution in [2.45, 2.75) is 39.7 Å². The maximum Gasteiger partial charge on any atom is 0.323 e. The van der Waals surface area contributed by atoms with Crippen molar-refractivity contribution in [2.24, 2.45) is 0 Å². The molecular formula is C13H21N3O3. The largest absolute Gasteiger partial charge is 0.480 e. The van der Waals surface area contributed by atoms with Crippen molar-refractivity contribution < 1.29 is 14.7 Å². The minimum Gasteiger partial charge on any atom is -0.480 e. The van der Waals surface area contributed by atoms with Crippen molar-refractivity contribution in [1.82, 2.24) is 14.7 Å². The summed E-state index contributed by atoms with van der Waals surface area (Å²) in [7, 11) is 1.48. The molecule has 0 aromatic carbocycles. The van der Waals surface area contributed by atoms with Crippen LogP contribution in [-0.4, -0.2) is 45.3 Å². The van der Waals surface area contributed by atoms with Gasteiger partial charge in [0.2, 0.25) is 0 Å². The fraction of sp³-hybridized carbons (Fsp3) is 0.615. The topological polar surface area (TPSA) is 75.4 Å². The van der Waals surface area contributed by atoms with Crippen molar-refractivity contribution in [1.29, 1.82) is 0 Å². The van der Waals surface area contributed by atoms with E-state index in [1.165, 1.54) is 11.9 Å². The molecule has 1 aromatic rings. The standard InChI is InChI=1S/C13H21N3O3/c1-5-10(6-2)16-11(7-9(3)14-16)13(19)15(4)8-12(17)18/h7,10H,5-6,8H2,1-4H3,(H,17,18). The van der Waals surface area contributed by atoms with Gasteiger partial charge in [-0.1, -0.05) is 13.8 Å². The Balaban J connectivity index is 3.05. The molecule has 0 radical (unpaired) electrons. The number of rotatable bonds is 6. The molecule has 19 heavy (non-hydrogen) atoms. The van der Waals surface area contributed by atoms with Crippen LogP contribution in [0.25, 0.3) is 0 Å². The van der Waals surface area contributed by atoms with Crippen LogP contribution in [0.1, 0.15) is 48.9 Å². The molecule has 0 spiro atoms. The number of nitrogens with zero attached hydrogens (tertiary/aromatic N) is 3. The van der Waals surface area contributed by atoms with E-state index in [1.807, 2.05) is 20.8 Å². The Bertz CT molecular complexity index is 464. The fourth-order valence-electron chi connectivity index (χ4n) is 2.06. The van der Waals surface area contributed by atoms with Crippen LogP contribution in [0.5, 0.6) is 0 Å².